The molecule has 0 aromatic heterocycles. The van der Waals surface area contributed by atoms with Crippen LogP contribution in [0.4, 0.5) is 4.39 Å². The molecule has 2 aliphatic rings. The van der Waals surface area contributed by atoms with Crippen molar-refractivity contribution in [2.45, 2.75) is 31.0 Å². The molecule has 0 N–H and O–H groups in total. The Hall–Kier alpha value is 0.200. The number of alkyl halides is 1. The van der Waals surface area contributed by atoms with Gasteiger partial charge in [-0.05, 0) is 32.3 Å². The summed E-state index contributed by atoms with van der Waals surface area (Å²) in [7, 11) is 0. The monoisotopic (exact) mass is 191 g/mol. The second kappa shape index (κ2) is 3.16. The fraction of sp³-hybridized carbons (Fsp3) is 1.00. The highest BCUT2D eigenvalue weighted by atomic mass is 32.1. The number of hydrogen-bond donors (Lipinski definition) is 1. The Labute approximate surface area is 77.7 Å². The summed E-state index contributed by atoms with van der Waals surface area (Å²) in [5.74, 6) is 0. The molecule has 4 heteroatoms. The van der Waals surface area contributed by atoms with Crippen molar-refractivity contribution < 1.29 is 8.57 Å². The van der Waals surface area contributed by atoms with Crippen molar-refractivity contribution in [3.8, 4) is 0 Å². The molecule has 0 bridgehead atoms. The third-order valence-electron chi connectivity index (χ3n) is 3.09. The van der Waals surface area contributed by atoms with E-state index in [1.165, 1.54) is 6.42 Å². The van der Waals surface area contributed by atoms with Crippen LogP contribution in [0.25, 0.3) is 0 Å². The Morgan fingerprint density at radius 2 is 2.50 bits per heavy atom. The molecule has 2 saturated heterocycles. The number of halogens is 1. The van der Waals surface area contributed by atoms with Crippen LogP contribution in [-0.4, -0.2) is 36.3 Å². The minimum atomic E-state index is -0.659. The number of fused-ring (bicyclic) bond motifs is 1. The van der Waals surface area contributed by atoms with Gasteiger partial charge in [-0.25, -0.2) is 4.39 Å². The van der Waals surface area contributed by atoms with Crippen molar-refractivity contribution in [1.82, 2.24) is 4.90 Å². The second-order valence-electron chi connectivity index (χ2n) is 3.85. The predicted octanol–water partition coefficient (Wildman–Crippen LogP) is 1.42. The van der Waals surface area contributed by atoms with Crippen LogP contribution in [-0.2, 0) is 4.18 Å². The van der Waals surface area contributed by atoms with Gasteiger partial charge < -0.3 is 4.18 Å². The van der Waals surface area contributed by atoms with E-state index in [1.807, 2.05) is 0 Å². The third-order valence-corrected chi connectivity index (χ3v) is 3.22. The van der Waals surface area contributed by atoms with Gasteiger partial charge in [0.2, 0.25) is 0 Å². The Kier molecular flexibility index (Phi) is 2.31. The second-order valence-corrected chi connectivity index (χ2v) is 4.11. The first kappa shape index (κ1) is 8.78. The molecule has 2 fully saturated rings. The van der Waals surface area contributed by atoms with Crippen molar-refractivity contribution in [2.24, 2.45) is 0 Å². The van der Waals surface area contributed by atoms with Gasteiger partial charge in [0.25, 0.3) is 0 Å². The molecule has 2 aliphatic heterocycles. The summed E-state index contributed by atoms with van der Waals surface area (Å²) in [6, 6.07) is 0. The SMILES string of the molecule is F[C@H]1CN2CCC[C@]2(COS)C1. The highest BCUT2D eigenvalue weighted by Crippen LogP contribution is 2.40. The summed E-state index contributed by atoms with van der Waals surface area (Å²) in [5.41, 5.74) is -0.0127. The molecule has 2 heterocycles. The quantitative estimate of drug-likeness (QED) is 0.523. The molecule has 2 rings (SSSR count). The molecular weight excluding hydrogens is 177 g/mol. The van der Waals surface area contributed by atoms with Crippen LogP contribution in [0.5, 0.6) is 0 Å². The summed E-state index contributed by atoms with van der Waals surface area (Å²) in [4.78, 5) is 2.22. The molecule has 0 aromatic rings. The summed E-state index contributed by atoms with van der Waals surface area (Å²) in [6.07, 6.45) is 2.21. The van der Waals surface area contributed by atoms with Crippen molar-refractivity contribution in [3.05, 3.63) is 0 Å². The van der Waals surface area contributed by atoms with Crippen LogP contribution in [0.3, 0.4) is 0 Å². The molecule has 0 aromatic carbocycles. The Bertz CT molecular complexity index is 180. The van der Waals surface area contributed by atoms with Crippen LogP contribution in [0.2, 0.25) is 0 Å². The smallest absolute Gasteiger partial charge is 0.115 e. The normalized spacial score (nSPS) is 42.0. The molecule has 0 aliphatic carbocycles. The largest absolute Gasteiger partial charge is 0.317 e. The number of nitrogens with zero attached hydrogens (tertiary/aromatic N) is 1. The Morgan fingerprint density at radius 3 is 3.25 bits per heavy atom. The lowest BCUT2D eigenvalue weighted by Gasteiger charge is -2.29. The van der Waals surface area contributed by atoms with E-state index in [4.69, 9.17) is 4.18 Å². The van der Waals surface area contributed by atoms with E-state index in [0.29, 0.717) is 19.6 Å². The maximum Gasteiger partial charge on any atom is 0.115 e. The van der Waals surface area contributed by atoms with Gasteiger partial charge in [-0.1, -0.05) is 0 Å². The summed E-state index contributed by atoms with van der Waals surface area (Å²) >= 11 is 3.75. The van der Waals surface area contributed by atoms with E-state index in [-0.39, 0.29) is 5.54 Å². The number of hydrogen-bond acceptors (Lipinski definition) is 3. The number of thiol groups is 1. The van der Waals surface area contributed by atoms with Crippen molar-refractivity contribution in [3.63, 3.8) is 0 Å². The van der Waals surface area contributed by atoms with E-state index in [9.17, 15) is 4.39 Å². The van der Waals surface area contributed by atoms with Crippen molar-refractivity contribution in [1.29, 1.82) is 0 Å². The van der Waals surface area contributed by atoms with E-state index in [2.05, 4.69) is 17.8 Å². The van der Waals surface area contributed by atoms with Gasteiger partial charge in [-0.2, -0.15) is 0 Å². The van der Waals surface area contributed by atoms with Crippen LogP contribution in [0.15, 0.2) is 0 Å². The minimum Gasteiger partial charge on any atom is -0.317 e. The lowest BCUT2D eigenvalue weighted by Crippen LogP contribution is -2.41. The standard InChI is InChI=1S/C8H14FNOS/c9-7-4-8(6-11-12)2-1-3-10(8)5-7/h7,12H,1-6H2/t7-,8-/m1/s1. The van der Waals surface area contributed by atoms with E-state index < -0.39 is 6.17 Å². The van der Waals surface area contributed by atoms with Crippen LogP contribution < -0.4 is 0 Å². The average Bonchev–Trinajstić information content (AvgIpc) is 2.44. The molecule has 2 nitrogen and oxygen atoms in total. The van der Waals surface area contributed by atoms with Gasteiger partial charge in [-0.15, -0.1) is 0 Å². The van der Waals surface area contributed by atoms with E-state index >= 15 is 0 Å². The topological polar surface area (TPSA) is 12.5 Å². The maximum absolute atomic E-state index is 13.1. The fourth-order valence-corrected chi connectivity index (χ4v) is 2.81. The Morgan fingerprint density at radius 1 is 1.67 bits per heavy atom. The lowest BCUT2D eigenvalue weighted by molar-refractivity contribution is 0.128. The number of rotatable bonds is 2. The molecule has 0 radical (unpaired) electrons. The van der Waals surface area contributed by atoms with Gasteiger partial charge in [0.05, 0.1) is 6.61 Å². The zero-order chi connectivity index (χ0) is 8.60. The minimum absolute atomic E-state index is 0.0127. The average molecular weight is 191 g/mol. The highest BCUT2D eigenvalue weighted by Gasteiger charge is 2.48. The van der Waals surface area contributed by atoms with E-state index in [1.54, 1.807) is 0 Å². The maximum atomic E-state index is 13.1. The van der Waals surface area contributed by atoms with Gasteiger partial charge in [-0.3, -0.25) is 4.90 Å². The summed E-state index contributed by atoms with van der Waals surface area (Å²) in [6.45, 7) is 2.19. The first-order chi connectivity index (χ1) is 5.77. The van der Waals surface area contributed by atoms with Crippen LogP contribution >= 0.6 is 12.9 Å². The van der Waals surface area contributed by atoms with Crippen LogP contribution in [0.1, 0.15) is 19.3 Å². The Balaban J connectivity index is 2.09. The molecular formula is C8H14FNOS. The first-order valence-electron chi connectivity index (χ1n) is 4.42. The van der Waals surface area contributed by atoms with Gasteiger partial charge in [0.1, 0.15) is 6.17 Å². The molecule has 0 saturated carbocycles. The molecule has 12 heavy (non-hydrogen) atoms. The van der Waals surface area contributed by atoms with Gasteiger partial charge >= 0.3 is 0 Å². The zero-order valence-electron chi connectivity index (χ0n) is 7.00. The predicted molar refractivity (Wildman–Crippen MR) is 48.0 cm³/mol. The molecule has 0 amide bonds. The fourth-order valence-electron chi connectivity index (χ4n) is 2.57. The van der Waals surface area contributed by atoms with E-state index in [0.717, 1.165) is 13.0 Å². The molecule has 0 unspecified atom stereocenters. The van der Waals surface area contributed by atoms with Crippen LogP contribution in [0, 0.1) is 0 Å². The molecule has 70 valence electrons. The summed E-state index contributed by atoms with van der Waals surface area (Å²) < 4.78 is 18.0. The highest BCUT2D eigenvalue weighted by molar-refractivity contribution is 7.75. The summed E-state index contributed by atoms with van der Waals surface area (Å²) in [5, 5.41) is 0. The van der Waals surface area contributed by atoms with Gasteiger partial charge in [0, 0.05) is 18.5 Å². The molecule has 2 atom stereocenters. The van der Waals surface area contributed by atoms with Gasteiger partial charge in [0.15, 0.2) is 0 Å². The first-order valence-corrected chi connectivity index (χ1v) is 4.79. The third kappa shape index (κ3) is 1.26. The molecule has 0 spiro atoms. The lowest BCUT2D eigenvalue weighted by atomic mass is 9.95. The van der Waals surface area contributed by atoms with Crippen molar-refractivity contribution >= 4 is 12.9 Å². The zero-order valence-corrected chi connectivity index (χ0v) is 7.90. The van der Waals surface area contributed by atoms with Crippen molar-refractivity contribution in [2.75, 3.05) is 19.7 Å².